The van der Waals surface area contributed by atoms with Gasteiger partial charge >= 0.3 is 6.03 Å². The van der Waals surface area contributed by atoms with Crippen LogP contribution in [0.25, 0.3) is 10.2 Å². The molecule has 1 aliphatic heterocycles. The first kappa shape index (κ1) is 17.1. The van der Waals surface area contributed by atoms with Crippen LogP contribution >= 0.6 is 22.9 Å². The molecule has 0 spiro atoms. The van der Waals surface area contributed by atoms with Gasteiger partial charge in [-0.05, 0) is 43.2 Å². The number of benzene rings is 2. The topological polar surface area (TPSA) is 54.5 Å². The van der Waals surface area contributed by atoms with Crippen molar-refractivity contribution in [3.63, 3.8) is 0 Å². The zero-order chi connectivity index (χ0) is 18.1. The van der Waals surface area contributed by atoms with Crippen molar-refractivity contribution in [2.45, 2.75) is 18.9 Å². The summed E-state index contributed by atoms with van der Waals surface area (Å²) in [6, 6.07) is 13.1. The standard InChI is InChI=1S/C19H18ClN3O2S/c1-25-16-9-8-12(20)11-14(16)22-19(24)23-10-4-6-15(23)18-21-13-5-2-3-7-17(13)26-18/h2-3,5,7-9,11,15H,4,6,10H2,1H3,(H,22,24). The molecule has 2 aromatic carbocycles. The van der Waals surface area contributed by atoms with E-state index in [0.717, 1.165) is 28.1 Å². The summed E-state index contributed by atoms with van der Waals surface area (Å²) in [4.78, 5) is 19.5. The van der Waals surface area contributed by atoms with Crippen LogP contribution in [-0.2, 0) is 0 Å². The van der Waals surface area contributed by atoms with E-state index in [-0.39, 0.29) is 12.1 Å². The number of nitrogens with zero attached hydrogens (tertiary/aromatic N) is 2. The molecule has 2 amide bonds. The molecule has 0 radical (unpaired) electrons. The predicted octanol–water partition coefficient (Wildman–Crippen LogP) is 5.33. The van der Waals surface area contributed by atoms with E-state index in [0.29, 0.717) is 23.0 Å². The van der Waals surface area contributed by atoms with Gasteiger partial charge in [-0.15, -0.1) is 11.3 Å². The number of methoxy groups -OCH3 is 1. The number of carbonyl (C=O) groups excluding carboxylic acids is 1. The molecule has 0 aliphatic carbocycles. The molecule has 1 saturated heterocycles. The first-order valence-electron chi connectivity index (χ1n) is 8.42. The number of rotatable bonds is 3. The molecule has 134 valence electrons. The maximum Gasteiger partial charge on any atom is 0.322 e. The fourth-order valence-corrected chi connectivity index (χ4v) is 4.55. The number of thiazole rings is 1. The maximum absolute atomic E-state index is 12.9. The maximum atomic E-state index is 12.9. The molecule has 1 atom stereocenters. The van der Waals surface area contributed by atoms with E-state index in [1.807, 2.05) is 23.1 Å². The van der Waals surface area contributed by atoms with Gasteiger partial charge in [0.05, 0.1) is 29.1 Å². The molecule has 1 unspecified atom stereocenters. The third kappa shape index (κ3) is 3.22. The minimum atomic E-state index is -0.160. The van der Waals surface area contributed by atoms with E-state index in [1.165, 1.54) is 0 Å². The van der Waals surface area contributed by atoms with Crippen LogP contribution in [0.15, 0.2) is 42.5 Å². The number of carbonyl (C=O) groups is 1. The van der Waals surface area contributed by atoms with Gasteiger partial charge in [0.15, 0.2) is 0 Å². The van der Waals surface area contributed by atoms with Gasteiger partial charge in [-0.25, -0.2) is 9.78 Å². The second kappa shape index (κ2) is 7.13. The summed E-state index contributed by atoms with van der Waals surface area (Å²) in [6.45, 7) is 0.704. The van der Waals surface area contributed by atoms with E-state index in [2.05, 4.69) is 11.4 Å². The number of amides is 2. The molecule has 5 nitrogen and oxygen atoms in total. The Bertz CT molecular complexity index is 926. The van der Waals surface area contributed by atoms with E-state index in [4.69, 9.17) is 21.3 Å². The third-order valence-corrected chi connectivity index (χ3v) is 5.89. The lowest BCUT2D eigenvalue weighted by Crippen LogP contribution is -2.34. The van der Waals surface area contributed by atoms with Crippen molar-refractivity contribution in [2.24, 2.45) is 0 Å². The Hall–Kier alpha value is -2.31. The fraction of sp³-hybridized carbons (Fsp3) is 0.263. The summed E-state index contributed by atoms with van der Waals surface area (Å²) in [6.07, 6.45) is 1.88. The Morgan fingerprint density at radius 3 is 3.00 bits per heavy atom. The predicted molar refractivity (Wildman–Crippen MR) is 105 cm³/mol. The van der Waals surface area contributed by atoms with Crippen LogP contribution < -0.4 is 10.1 Å². The number of urea groups is 1. The van der Waals surface area contributed by atoms with Crippen molar-refractivity contribution in [1.82, 2.24) is 9.88 Å². The number of anilines is 1. The van der Waals surface area contributed by atoms with Crippen molar-refractivity contribution >= 4 is 44.9 Å². The summed E-state index contributed by atoms with van der Waals surface area (Å²) in [5.41, 5.74) is 1.55. The second-order valence-electron chi connectivity index (χ2n) is 6.15. The van der Waals surface area contributed by atoms with Gasteiger partial charge in [-0.1, -0.05) is 23.7 Å². The molecule has 4 rings (SSSR count). The molecule has 1 N–H and O–H groups in total. The summed E-state index contributed by atoms with van der Waals surface area (Å²) >= 11 is 7.71. The molecule has 0 bridgehead atoms. The van der Waals surface area contributed by atoms with Gasteiger partial charge in [0.1, 0.15) is 10.8 Å². The van der Waals surface area contributed by atoms with Crippen LogP contribution in [0, 0.1) is 0 Å². The van der Waals surface area contributed by atoms with Crippen LogP contribution in [-0.4, -0.2) is 29.6 Å². The zero-order valence-electron chi connectivity index (χ0n) is 14.2. The second-order valence-corrected chi connectivity index (χ2v) is 7.64. The molecule has 1 aliphatic rings. The number of hydrogen-bond acceptors (Lipinski definition) is 4. The first-order chi connectivity index (χ1) is 12.7. The highest BCUT2D eigenvalue weighted by atomic mass is 35.5. The summed E-state index contributed by atoms with van der Waals surface area (Å²) in [5, 5.41) is 4.46. The average molecular weight is 388 g/mol. The minimum absolute atomic E-state index is 0.00224. The highest BCUT2D eigenvalue weighted by Gasteiger charge is 2.32. The van der Waals surface area contributed by atoms with Gasteiger partial charge < -0.3 is 15.0 Å². The van der Waals surface area contributed by atoms with Crippen molar-refractivity contribution in [2.75, 3.05) is 19.0 Å². The quantitative estimate of drug-likeness (QED) is 0.661. The summed E-state index contributed by atoms with van der Waals surface area (Å²) in [5.74, 6) is 0.582. The fourth-order valence-electron chi connectivity index (χ4n) is 3.26. The van der Waals surface area contributed by atoms with E-state index in [9.17, 15) is 4.79 Å². The van der Waals surface area contributed by atoms with E-state index >= 15 is 0 Å². The monoisotopic (exact) mass is 387 g/mol. The average Bonchev–Trinajstić information content (AvgIpc) is 3.28. The first-order valence-corrected chi connectivity index (χ1v) is 9.62. The number of hydrogen-bond donors (Lipinski definition) is 1. The van der Waals surface area contributed by atoms with Crippen LogP contribution in [0.1, 0.15) is 23.9 Å². The number of likely N-dealkylation sites (tertiary alicyclic amines) is 1. The highest BCUT2D eigenvalue weighted by Crippen LogP contribution is 2.37. The Morgan fingerprint density at radius 2 is 2.19 bits per heavy atom. The van der Waals surface area contributed by atoms with Crippen LogP contribution in [0.4, 0.5) is 10.5 Å². The van der Waals surface area contributed by atoms with Gasteiger partial charge in [-0.3, -0.25) is 0 Å². The lowest BCUT2D eigenvalue weighted by molar-refractivity contribution is 0.207. The third-order valence-electron chi connectivity index (χ3n) is 4.51. The van der Waals surface area contributed by atoms with Gasteiger partial charge in [0.25, 0.3) is 0 Å². The molecule has 7 heteroatoms. The molecule has 1 fully saturated rings. The lowest BCUT2D eigenvalue weighted by atomic mass is 10.2. The van der Waals surface area contributed by atoms with E-state index in [1.54, 1.807) is 36.6 Å². The van der Waals surface area contributed by atoms with Crippen molar-refractivity contribution in [3.05, 3.63) is 52.5 Å². The largest absolute Gasteiger partial charge is 0.495 e. The zero-order valence-corrected chi connectivity index (χ0v) is 15.8. The molecule has 0 saturated carbocycles. The molecular weight excluding hydrogens is 370 g/mol. The molecule has 3 aromatic rings. The van der Waals surface area contributed by atoms with Gasteiger partial charge in [0, 0.05) is 11.6 Å². The van der Waals surface area contributed by atoms with Gasteiger partial charge in [-0.2, -0.15) is 0 Å². The van der Waals surface area contributed by atoms with Crippen LogP contribution in [0.3, 0.4) is 0 Å². The molecule has 1 aromatic heterocycles. The van der Waals surface area contributed by atoms with Crippen LogP contribution in [0.5, 0.6) is 5.75 Å². The van der Waals surface area contributed by atoms with E-state index < -0.39 is 0 Å². The number of aromatic nitrogens is 1. The molecule has 26 heavy (non-hydrogen) atoms. The molecular formula is C19H18ClN3O2S. The van der Waals surface area contributed by atoms with Crippen LogP contribution in [0.2, 0.25) is 5.02 Å². The summed E-state index contributed by atoms with van der Waals surface area (Å²) < 4.78 is 6.46. The summed E-state index contributed by atoms with van der Waals surface area (Å²) in [7, 11) is 1.57. The number of halogens is 1. The Balaban J connectivity index is 1.58. The Kier molecular flexibility index (Phi) is 4.70. The number of para-hydroxylation sites is 1. The Morgan fingerprint density at radius 1 is 1.35 bits per heavy atom. The number of fused-ring (bicyclic) bond motifs is 1. The number of ether oxygens (including phenoxy) is 1. The minimum Gasteiger partial charge on any atom is -0.495 e. The molecule has 2 heterocycles. The van der Waals surface area contributed by atoms with Gasteiger partial charge in [0.2, 0.25) is 0 Å². The lowest BCUT2D eigenvalue weighted by Gasteiger charge is -2.24. The smallest absolute Gasteiger partial charge is 0.322 e. The van der Waals surface area contributed by atoms with Crippen molar-refractivity contribution < 1.29 is 9.53 Å². The highest BCUT2D eigenvalue weighted by molar-refractivity contribution is 7.18. The SMILES string of the molecule is COc1ccc(Cl)cc1NC(=O)N1CCCC1c1nc2ccccc2s1. The normalized spacial score (nSPS) is 16.8. The van der Waals surface area contributed by atoms with Crippen molar-refractivity contribution in [3.8, 4) is 5.75 Å². The van der Waals surface area contributed by atoms with Crippen molar-refractivity contribution in [1.29, 1.82) is 0 Å². The Labute approximate surface area is 160 Å². The number of nitrogens with one attached hydrogen (secondary N) is 1.